The van der Waals surface area contributed by atoms with Gasteiger partial charge in [-0.05, 0) is 37.1 Å². The summed E-state index contributed by atoms with van der Waals surface area (Å²) in [6.07, 6.45) is 6.89. The Bertz CT molecular complexity index is 1440. The molecule has 1 aromatic carbocycles. The molecule has 1 saturated carbocycles. The highest BCUT2D eigenvalue weighted by Gasteiger charge is 2.30. The largest absolute Gasteiger partial charge is 0.341 e. The number of nitrogens with one attached hydrogen (secondary N) is 3. The van der Waals surface area contributed by atoms with Gasteiger partial charge in [-0.2, -0.15) is 0 Å². The van der Waals surface area contributed by atoms with E-state index in [2.05, 4.69) is 35.0 Å². The van der Waals surface area contributed by atoms with Gasteiger partial charge in [-0.3, -0.25) is 4.72 Å². The first-order valence-electron chi connectivity index (χ1n) is 10.3. The van der Waals surface area contributed by atoms with Crippen molar-refractivity contribution in [2.45, 2.75) is 30.9 Å². The molecule has 3 heterocycles. The predicted octanol–water partition coefficient (Wildman–Crippen LogP) is 4.12. The van der Waals surface area contributed by atoms with Crippen LogP contribution in [-0.2, 0) is 10.0 Å². The highest BCUT2D eigenvalue weighted by Crippen LogP contribution is 2.35. The number of H-pyrrole nitrogens is 1. The number of rotatable bonds is 6. The van der Waals surface area contributed by atoms with E-state index in [1.54, 1.807) is 12.1 Å². The third kappa shape index (κ3) is 3.97. The van der Waals surface area contributed by atoms with E-state index in [0.717, 1.165) is 25.0 Å². The fraction of sp³-hybridized carbons (Fsp3) is 0.238. The molecule has 0 atom stereocenters. The van der Waals surface area contributed by atoms with Crippen LogP contribution in [0.15, 0.2) is 43.1 Å². The normalized spacial score (nSPS) is 14.6. The van der Waals surface area contributed by atoms with Gasteiger partial charge < -0.3 is 10.3 Å². The molecule has 9 nitrogen and oxygen atoms in total. The summed E-state index contributed by atoms with van der Waals surface area (Å²) >= 11 is 0. The molecular weight excluding hydrogens is 452 g/mol. The first-order valence-corrected chi connectivity index (χ1v) is 11.8. The molecule has 12 heteroatoms. The van der Waals surface area contributed by atoms with Gasteiger partial charge in [0.25, 0.3) is 0 Å². The molecule has 33 heavy (non-hydrogen) atoms. The van der Waals surface area contributed by atoms with E-state index < -0.39 is 32.6 Å². The van der Waals surface area contributed by atoms with Crippen LogP contribution in [-0.4, -0.2) is 38.6 Å². The average molecular weight is 471 g/mol. The number of pyridine rings is 1. The van der Waals surface area contributed by atoms with Crippen LogP contribution in [0.1, 0.15) is 25.7 Å². The molecule has 0 spiro atoms. The Morgan fingerprint density at radius 3 is 2.67 bits per heavy atom. The second kappa shape index (κ2) is 8.35. The molecule has 3 N–H and O–H groups in total. The number of hydrogen-bond acceptors (Lipinski definition) is 7. The number of sulfonamides is 1. The number of anilines is 3. The zero-order valence-electron chi connectivity index (χ0n) is 17.2. The number of imidazole rings is 1. The molecule has 170 valence electrons. The average Bonchev–Trinajstić information content (AvgIpc) is 3.51. The van der Waals surface area contributed by atoms with Crippen LogP contribution in [0, 0.1) is 11.6 Å². The summed E-state index contributed by atoms with van der Waals surface area (Å²) in [5.41, 5.74) is 0.984. The van der Waals surface area contributed by atoms with Gasteiger partial charge in [0.2, 0.25) is 10.0 Å². The molecule has 0 bridgehead atoms. The molecule has 4 aromatic rings. The van der Waals surface area contributed by atoms with E-state index in [4.69, 9.17) is 0 Å². The molecule has 0 saturated heterocycles. The van der Waals surface area contributed by atoms with E-state index >= 15 is 4.39 Å². The molecule has 3 aromatic heterocycles. The van der Waals surface area contributed by atoms with E-state index in [1.807, 2.05) is 0 Å². The Kier molecular flexibility index (Phi) is 5.36. The number of benzene rings is 1. The van der Waals surface area contributed by atoms with E-state index in [0.29, 0.717) is 35.3 Å². The smallest absolute Gasteiger partial charge is 0.235 e. The first-order chi connectivity index (χ1) is 15.9. The van der Waals surface area contributed by atoms with Gasteiger partial charge in [0.05, 0.1) is 17.3 Å². The van der Waals surface area contributed by atoms with E-state index in [-0.39, 0.29) is 11.5 Å². The van der Waals surface area contributed by atoms with Gasteiger partial charge in [0.15, 0.2) is 11.5 Å². The third-order valence-electron chi connectivity index (χ3n) is 5.61. The van der Waals surface area contributed by atoms with E-state index in [1.165, 1.54) is 18.9 Å². The molecule has 1 aliphatic rings. The SMILES string of the molecule is O=S(=O)(Nc1ccc(F)c(Nc2ncccc2-c2ncnc3nc[nH]c23)c1F)C1CCCC1. The standard InChI is InChI=1S/C21H19F2N7O2S/c22-14-7-8-15(30-33(31,32)12-4-1-2-5-12)16(23)18(14)29-20-13(6-3-9-24-20)17-19-21(27-10-25-17)28-11-26-19/h3,6-12,30H,1-2,4-5H2,(H,24,29)(H,25,26,27,28). The van der Waals surface area contributed by atoms with Crippen LogP contribution in [0.4, 0.5) is 26.0 Å². The summed E-state index contributed by atoms with van der Waals surface area (Å²) in [5, 5.41) is 2.08. The lowest BCUT2D eigenvalue weighted by atomic mass is 10.1. The lowest BCUT2D eigenvalue weighted by Crippen LogP contribution is -2.26. The zero-order valence-corrected chi connectivity index (χ0v) is 18.0. The van der Waals surface area contributed by atoms with Crippen LogP contribution < -0.4 is 10.0 Å². The van der Waals surface area contributed by atoms with Crippen molar-refractivity contribution in [3.63, 3.8) is 0 Å². The van der Waals surface area contributed by atoms with Crippen LogP contribution in [0.3, 0.4) is 0 Å². The Balaban J connectivity index is 1.52. The Hall–Kier alpha value is -3.67. The maximum absolute atomic E-state index is 15.3. The van der Waals surface area contributed by atoms with Gasteiger partial charge >= 0.3 is 0 Å². The number of hydrogen-bond donors (Lipinski definition) is 3. The Morgan fingerprint density at radius 1 is 1.03 bits per heavy atom. The fourth-order valence-corrected chi connectivity index (χ4v) is 5.55. The zero-order chi connectivity index (χ0) is 23.0. The number of aromatic amines is 1. The van der Waals surface area contributed by atoms with Gasteiger partial charge in [0, 0.05) is 11.8 Å². The summed E-state index contributed by atoms with van der Waals surface area (Å²) in [6, 6.07) is 5.41. The first kappa shape index (κ1) is 21.2. The maximum atomic E-state index is 15.3. The van der Waals surface area contributed by atoms with Crippen molar-refractivity contribution in [3.8, 4) is 11.3 Å². The van der Waals surface area contributed by atoms with Gasteiger partial charge in [-0.1, -0.05) is 12.8 Å². The summed E-state index contributed by atoms with van der Waals surface area (Å²) in [4.78, 5) is 19.6. The van der Waals surface area contributed by atoms with Gasteiger partial charge in [-0.15, -0.1) is 0 Å². The lowest BCUT2D eigenvalue weighted by molar-refractivity contribution is 0.580. The number of nitrogens with zero attached hydrogens (tertiary/aromatic N) is 4. The second-order valence-corrected chi connectivity index (χ2v) is 9.65. The van der Waals surface area contributed by atoms with Crippen molar-refractivity contribution in [2.75, 3.05) is 10.0 Å². The third-order valence-corrected chi connectivity index (χ3v) is 7.47. The fourth-order valence-electron chi connectivity index (χ4n) is 3.96. The molecule has 1 aliphatic carbocycles. The van der Waals surface area contributed by atoms with Crippen LogP contribution >= 0.6 is 0 Å². The lowest BCUT2D eigenvalue weighted by Gasteiger charge is -2.17. The Labute approximate surface area is 187 Å². The highest BCUT2D eigenvalue weighted by atomic mass is 32.2. The Morgan fingerprint density at radius 2 is 1.85 bits per heavy atom. The summed E-state index contributed by atoms with van der Waals surface area (Å²) in [5.74, 6) is -1.84. The second-order valence-electron chi connectivity index (χ2n) is 7.69. The highest BCUT2D eigenvalue weighted by molar-refractivity contribution is 7.93. The van der Waals surface area contributed by atoms with Crippen molar-refractivity contribution in [1.82, 2.24) is 24.9 Å². The summed E-state index contributed by atoms with van der Waals surface area (Å²) in [6.45, 7) is 0. The molecule has 0 amide bonds. The van der Waals surface area contributed by atoms with Crippen molar-refractivity contribution in [3.05, 3.63) is 54.8 Å². The topological polar surface area (TPSA) is 126 Å². The van der Waals surface area contributed by atoms with Crippen molar-refractivity contribution in [1.29, 1.82) is 0 Å². The molecule has 0 aliphatic heterocycles. The minimum absolute atomic E-state index is 0.126. The van der Waals surface area contributed by atoms with Gasteiger partial charge in [0.1, 0.15) is 34.9 Å². The van der Waals surface area contributed by atoms with Crippen LogP contribution in [0.5, 0.6) is 0 Å². The molecule has 0 radical (unpaired) electrons. The molecule has 1 fully saturated rings. The summed E-state index contributed by atoms with van der Waals surface area (Å²) < 4.78 is 57.4. The number of halogens is 2. The number of fused-ring (bicyclic) bond motifs is 1. The maximum Gasteiger partial charge on any atom is 0.235 e. The van der Waals surface area contributed by atoms with Crippen LogP contribution in [0.2, 0.25) is 0 Å². The summed E-state index contributed by atoms with van der Waals surface area (Å²) in [7, 11) is -3.79. The predicted molar refractivity (Wildman–Crippen MR) is 119 cm³/mol. The monoisotopic (exact) mass is 471 g/mol. The van der Waals surface area contributed by atoms with E-state index in [9.17, 15) is 12.8 Å². The number of aromatic nitrogens is 5. The minimum atomic E-state index is -3.79. The minimum Gasteiger partial charge on any atom is -0.341 e. The quantitative estimate of drug-likeness (QED) is 0.386. The van der Waals surface area contributed by atoms with Crippen molar-refractivity contribution >= 4 is 38.4 Å². The molecular formula is C21H19F2N7O2S. The van der Waals surface area contributed by atoms with Crippen molar-refractivity contribution < 1.29 is 17.2 Å². The molecule has 5 rings (SSSR count). The molecule has 0 unspecified atom stereocenters. The van der Waals surface area contributed by atoms with Crippen LogP contribution in [0.25, 0.3) is 22.4 Å². The van der Waals surface area contributed by atoms with Gasteiger partial charge in [-0.25, -0.2) is 37.1 Å². The van der Waals surface area contributed by atoms with Crippen molar-refractivity contribution in [2.24, 2.45) is 0 Å².